The van der Waals surface area contributed by atoms with Crippen molar-refractivity contribution in [3.63, 3.8) is 0 Å². The number of hydrogen-bond acceptors (Lipinski definition) is 7. The van der Waals surface area contributed by atoms with Gasteiger partial charge in [0, 0.05) is 17.6 Å². The van der Waals surface area contributed by atoms with E-state index in [-0.39, 0.29) is 18.7 Å². The molecule has 1 atom stereocenters. The molecule has 1 unspecified atom stereocenters. The van der Waals surface area contributed by atoms with Gasteiger partial charge in [0.2, 0.25) is 0 Å². The van der Waals surface area contributed by atoms with Gasteiger partial charge in [-0.1, -0.05) is 22.0 Å². The predicted molar refractivity (Wildman–Crippen MR) is 114 cm³/mol. The van der Waals surface area contributed by atoms with Crippen LogP contribution in [-0.4, -0.2) is 52.7 Å². The summed E-state index contributed by atoms with van der Waals surface area (Å²) >= 11 is 3.55. The Morgan fingerprint density at radius 2 is 2.29 bits per heavy atom. The SMILES string of the molecule is COC(=O)c1ccc(CNC2(c3nnnn3CC3CCCO3)CC(CCF)C2)c(Br)c1. The van der Waals surface area contributed by atoms with Gasteiger partial charge in [-0.05, 0) is 66.1 Å². The molecule has 1 aromatic heterocycles. The van der Waals surface area contributed by atoms with Crippen LogP contribution in [0.25, 0.3) is 0 Å². The summed E-state index contributed by atoms with van der Waals surface area (Å²) in [6, 6.07) is 5.39. The maximum Gasteiger partial charge on any atom is 0.337 e. The van der Waals surface area contributed by atoms with Crippen molar-refractivity contribution in [2.75, 3.05) is 20.4 Å². The van der Waals surface area contributed by atoms with Gasteiger partial charge in [0.15, 0.2) is 5.82 Å². The van der Waals surface area contributed by atoms with E-state index in [9.17, 15) is 9.18 Å². The van der Waals surface area contributed by atoms with Crippen LogP contribution in [0.15, 0.2) is 22.7 Å². The van der Waals surface area contributed by atoms with E-state index < -0.39 is 5.54 Å². The normalized spacial score (nSPS) is 25.4. The van der Waals surface area contributed by atoms with Crippen molar-refractivity contribution in [2.24, 2.45) is 5.92 Å². The fourth-order valence-corrected chi connectivity index (χ4v) is 5.06. The molecule has 0 radical (unpaired) electrons. The predicted octanol–water partition coefficient (Wildman–Crippen LogP) is 3.16. The highest BCUT2D eigenvalue weighted by Crippen LogP contribution is 2.46. The van der Waals surface area contributed by atoms with Gasteiger partial charge in [-0.3, -0.25) is 4.39 Å². The maximum absolute atomic E-state index is 12.9. The number of tetrazole rings is 1. The molecule has 1 N–H and O–H groups in total. The van der Waals surface area contributed by atoms with Crippen LogP contribution in [0.3, 0.4) is 0 Å². The Hall–Kier alpha value is -1.91. The third kappa shape index (κ3) is 4.80. The van der Waals surface area contributed by atoms with Crippen molar-refractivity contribution in [1.82, 2.24) is 25.5 Å². The number of ether oxygens (including phenoxy) is 2. The molecule has 1 aromatic carbocycles. The van der Waals surface area contributed by atoms with E-state index in [2.05, 4.69) is 36.8 Å². The molecule has 2 aliphatic rings. The Morgan fingerprint density at radius 1 is 1.45 bits per heavy atom. The van der Waals surface area contributed by atoms with E-state index in [1.807, 2.05) is 10.7 Å². The number of nitrogens with zero attached hydrogens (tertiary/aromatic N) is 4. The molecule has 1 saturated heterocycles. The van der Waals surface area contributed by atoms with Gasteiger partial charge >= 0.3 is 5.97 Å². The van der Waals surface area contributed by atoms with Crippen LogP contribution in [0.5, 0.6) is 0 Å². The van der Waals surface area contributed by atoms with E-state index >= 15 is 0 Å². The molecular weight excluding hydrogens is 469 g/mol. The standard InChI is InChI=1S/C21H27BrFN5O3/c1-30-19(29)15-4-5-16(18(22)9-15)12-24-21(10-14(11-21)6-7-23)20-25-26-27-28(20)13-17-3-2-8-31-17/h4-5,9,14,17,24H,2-3,6-8,10-13H2,1H3. The fourth-order valence-electron chi connectivity index (χ4n) is 4.54. The molecule has 2 aromatic rings. The van der Waals surface area contributed by atoms with Gasteiger partial charge in [-0.2, -0.15) is 0 Å². The summed E-state index contributed by atoms with van der Waals surface area (Å²) in [5.74, 6) is 0.703. The smallest absolute Gasteiger partial charge is 0.337 e. The van der Waals surface area contributed by atoms with Gasteiger partial charge in [-0.15, -0.1) is 5.10 Å². The summed E-state index contributed by atoms with van der Waals surface area (Å²) in [7, 11) is 1.36. The molecule has 0 spiro atoms. The summed E-state index contributed by atoms with van der Waals surface area (Å²) in [4.78, 5) is 11.8. The second-order valence-electron chi connectivity index (χ2n) is 8.30. The van der Waals surface area contributed by atoms with Crippen molar-refractivity contribution in [3.05, 3.63) is 39.6 Å². The van der Waals surface area contributed by atoms with E-state index in [1.54, 1.807) is 12.1 Å². The number of methoxy groups -OCH3 is 1. The van der Waals surface area contributed by atoms with Gasteiger partial charge in [0.25, 0.3) is 0 Å². The zero-order chi connectivity index (χ0) is 21.8. The lowest BCUT2D eigenvalue weighted by atomic mass is 9.66. The number of aromatic nitrogens is 4. The second kappa shape index (κ2) is 9.70. The highest BCUT2D eigenvalue weighted by atomic mass is 79.9. The van der Waals surface area contributed by atoms with Crippen LogP contribution in [0, 0.1) is 5.92 Å². The third-order valence-electron chi connectivity index (χ3n) is 6.24. The lowest BCUT2D eigenvalue weighted by molar-refractivity contribution is 0.0598. The first-order chi connectivity index (χ1) is 15.0. The molecule has 8 nitrogen and oxygen atoms in total. The maximum atomic E-state index is 12.9. The van der Waals surface area contributed by atoms with Crippen molar-refractivity contribution in [2.45, 2.75) is 56.8 Å². The molecule has 0 bridgehead atoms. The van der Waals surface area contributed by atoms with Crippen LogP contribution in [0.4, 0.5) is 4.39 Å². The topological polar surface area (TPSA) is 91.2 Å². The zero-order valence-electron chi connectivity index (χ0n) is 17.5. The number of alkyl halides is 1. The number of nitrogens with one attached hydrogen (secondary N) is 1. The number of esters is 1. The molecule has 1 aliphatic heterocycles. The van der Waals surface area contributed by atoms with E-state index in [1.165, 1.54) is 7.11 Å². The molecule has 1 aliphatic carbocycles. The summed E-state index contributed by atoms with van der Waals surface area (Å²) in [5, 5.41) is 16.1. The van der Waals surface area contributed by atoms with Crippen LogP contribution < -0.4 is 5.32 Å². The highest BCUT2D eigenvalue weighted by molar-refractivity contribution is 9.10. The fraction of sp³-hybridized carbons (Fsp3) is 0.619. The van der Waals surface area contributed by atoms with Crippen molar-refractivity contribution < 1.29 is 18.7 Å². The van der Waals surface area contributed by atoms with Crippen molar-refractivity contribution in [1.29, 1.82) is 0 Å². The lowest BCUT2D eigenvalue weighted by Crippen LogP contribution is -2.54. The van der Waals surface area contributed by atoms with Crippen molar-refractivity contribution in [3.8, 4) is 0 Å². The Morgan fingerprint density at radius 3 is 2.97 bits per heavy atom. The summed E-state index contributed by atoms with van der Waals surface area (Å²) in [6.07, 6.45) is 4.29. The van der Waals surface area contributed by atoms with Crippen LogP contribution in [0.2, 0.25) is 0 Å². The highest BCUT2D eigenvalue weighted by Gasteiger charge is 2.48. The molecule has 31 heavy (non-hydrogen) atoms. The molecule has 0 amide bonds. The zero-order valence-corrected chi connectivity index (χ0v) is 19.1. The molecular formula is C21H27BrFN5O3. The minimum Gasteiger partial charge on any atom is -0.465 e. The number of benzene rings is 1. The van der Waals surface area contributed by atoms with Gasteiger partial charge < -0.3 is 14.8 Å². The van der Waals surface area contributed by atoms with E-state index in [0.717, 1.165) is 48.2 Å². The first-order valence-electron chi connectivity index (χ1n) is 10.6. The number of rotatable bonds is 9. The monoisotopic (exact) mass is 495 g/mol. The third-order valence-corrected chi connectivity index (χ3v) is 6.98. The molecule has 2 heterocycles. The van der Waals surface area contributed by atoms with Crippen molar-refractivity contribution >= 4 is 21.9 Å². The minimum atomic E-state index is -0.414. The quantitative estimate of drug-likeness (QED) is 0.534. The lowest BCUT2D eigenvalue weighted by Gasteiger charge is -2.47. The minimum absolute atomic E-state index is 0.126. The molecule has 168 valence electrons. The summed E-state index contributed by atoms with van der Waals surface area (Å²) < 4.78 is 26.1. The average molecular weight is 496 g/mol. The van der Waals surface area contributed by atoms with Gasteiger partial charge in [0.1, 0.15) is 0 Å². The average Bonchev–Trinajstić information content (AvgIpc) is 3.42. The van der Waals surface area contributed by atoms with Crippen LogP contribution in [0.1, 0.15) is 53.8 Å². The molecule has 10 heteroatoms. The summed E-state index contributed by atoms with van der Waals surface area (Å²) in [5.41, 5.74) is 1.07. The van der Waals surface area contributed by atoms with Crippen LogP contribution >= 0.6 is 15.9 Å². The first kappa shape index (κ1) is 22.3. The Balaban J connectivity index is 1.51. The number of halogens is 2. The first-order valence-corrected chi connectivity index (χ1v) is 11.4. The molecule has 4 rings (SSSR count). The molecule has 2 fully saturated rings. The Labute approximate surface area is 189 Å². The Kier molecular flexibility index (Phi) is 6.98. The number of carbonyl (C=O) groups excluding carboxylic acids is 1. The molecule has 1 saturated carbocycles. The van der Waals surface area contributed by atoms with E-state index in [0.29, 0.717) is 31.0 Å². The Bertz CT molecular complexity index is 912. The van der Waals surface area contributed by atoms with Gasteiger partial charge in [0.05, 0.1) is 37.5 Å². The van der Waals surface area contributed by atoms with E-state index in [4.69, 9.17) is 9.47 Å². The van der Waals surface area contributed by atoms with Crippen LogP contribution in [-0.2, 0) is 28.1 Å². The second-order valence-corrected chi connectivity index (χ2v) is 9.16. The number of hydrogen-bond donors (Lipinski definition) is 1. The summed E-state index contributed by atoms with van der Waals surface area (Å²) in [6.45, 7) is 1.63. The van der Waals surface area contributed by atoms with Gasteiger partial charge in [-0.25, -0.2) is 9.48 Å². The largest absolute Gasteiger partial charge is 0.465 e. The number of carbonyl (C=O) groups is 1.